The van der Waals surface area contributed by atoms with Gasteiger partial charge in [-0.1, -0.05) is 39.8 Å². The minimum Gasteiger partial charge on any atom is -0.454 e. The number of imide groups is 1. The standard InChI is InChI=1S/C22H30N2O5/c1-13(2)10-11-15(5)23-18(25)12-29-22(28)19(14(3)4)24-20(26)16-8-6-7-9-17(16)21(24)27/h6-9,13-15,19H,10-12H2,1-5H3,(H,23,25)/t15-,19+/m1/s1. The maximum absolute atomic E-state index is 12.7. The van der Waals surface area contributed by atoms with Crippen molar-refractivity contribution in [3.05, 3.63) is 35.4 Å². The first-order chi connectivity index (χ1) is 13.6. The molecule has 0 radical (unpaired) electrons. The maximum atomic E-state index is 12.7. The van der Waals surface area contributed by atoms with Gasteiger partial charge in [-0.25, -0.2) is 4.79 Å². The highest BCUT2D eigenvalue weighted by Gasteiger charge is 2.44. The van der Waals surface area contributed by atoms with E-state index in [0.717, 1.165) is 17.7 Å². The summed E-state index contributed by atoms with van der Waals surface area (Å²) >= 11 is 0. The number of hydrogen-bond donors (Lipinski definition) is 1. The molecule has 1 N–H and O–H groups in total. The van der Waals surface area contributed by atoms with Crippen LogP contribution in [0.3, 0.4) is 0 Å². The second-order valence-corrected chi connectivity index (χ2v) is 8.26. The molecule has 2 rings (SSSR count). The summed E-state index contributed by atoms with van der Waals surface area (Å²) in [5, 5.41) is 2.80. The lowest BCUT2D eigenvalue weighted by molar-refractivity contribution is -0.153. The third kappa shape index (κ3) is 5.43. The average molecular weight is 402 g/mol. The highest BCUT2D eigenvalue weighted by Crippen LogP contribution is 2.27. The lowest BCUT2D eigenvalue weighted by Gasteiger charge is -2.27. The Balaban J connectivity index is 2.00. The second-order valence-electron chi connectivity index (χ2n) is 8.26. The Morgan fingerprint density at radius 1 is 0.966 bits per heavy atom. The van der Waals surface area contributed by atoms with Crippen molar-refractivity contribution in [2.24, 2.45) is 11.8 Å². The number of rotatable bonds is 9. The predicted molar refractivity (Wildman–Crippen MR) is 108 cm³/mol. The third-order valence-electron chi connectivity index (χ3n) is 4.91. The van der Waals surface area contributed by atoms with Gasteiger partial charge in [-0.05, 0) is 43.7 Å². The van der Waals surface area contributed by atoms with E-state index in [0.29, 0.717) is 5.92 Å². The summed E-state index contributed by atoms with van der Waals surface area (Å²) in [6.45, 7) is 9.13. The number of ether oxygens (including phenoxy) is 1. The molecule has 0 spiro atoms. The summed E-state index contributed by atoms with van der Waals surface area (Å²) in [5.41, 5.74) is 0.542. The first-order valence-electron chi connectivity index (χ1n) is 10.1. The third-order valence-corrected chi connectivity index (χ3v) is 4.91. The molecule has 1 aliphatic rings. The van der Waals surface area contributed by atoms with Gasteiger partial charge < -0.3 is 10.1 Å². The molecule has 1 heterocycles. The van der Waals surface area contributed by atoms with Gasteiger partial charge in [0.1, 0.15) is 6.04 Å². The maximum Gasteiger partial charge on any atom is 0.330 e. The minimum atomic E-state index is -1.09. The van der Waals surface area contributed by atoms with Crippen LogP contribution in [0, 0.1) is 11.8 Å². The molecule has 3 amide bonds. The normalized spacial score (nSPS) is 15.5. The predicted octanol–water partition coefficient (Wildman–Crippen LogP) is 2.79. The molecule has 7 nitrogen and oxygen atoms in total. The van der Waals surface area contributed by atoms with Crippen LogP contribution < -0.4 is 5.32 Å². The van der Waals surface area contributed by atoms with E-state index in [1.54, 1.807) is 38.1 Å². The number of benzene rings is 1. The Kier molecular flexibility index (Phi) is 7.53. The molecule has 7 heteroatoms. The summed E-state index contributed by atoms with van der Waals surface area (Å²) < 4.78 is 5.16. The fourth-order valence-electron chi connectivity index (χ4n) is 3.33. The monoisotopic (exact) mass is 402 g/mol. The average Bonchev–Trinajstić information content (AvgIpc) is 2.90. The van der Waals surface area contributed by atoms with Gasteiger partial charge in [0.2, 0.25) is 0 Å². The summed E-state index contributed by atoms with van der Waals surface area (Å²) in [6.07, 6.45) is 1.82. The lowest BCUT2D eigenvalue weighted by atomic mass is 10.0. The number of carbonyl (C=O) groups is 4. The summed E-state index contributed by atoms with van der Waals surface area (Å²) in [4.78, 5) is 51.1. The number of hydrogen-bond acceptors (Lipinski definition) is 5. The highest BCUT2D eigenvalue weighted by atomic mass is 16.5. The summed E-state index contributed by atoms with van der Waals surface area (Å²) in [5.74, 6) is -2.03. The van der Waals surface area contributed by atoms with Crippen LogP contribution in [0.2, 0.25) is 0 Å². The van der Waals surface area contributed by atoms with Crippen LogP contribution in [0.15, 0.2) is 24.3 Å². The summed E-state index contributed by atoms with van der Waals surface area (Å²) in [7, 11) is 0. The molecular formula is C22H30N2O5. The lowest BCUT2D eigenvalue weighted by Crippen LogP contribution is -2.49. The van der Waals surface area contributed by atoms with Crippen molar-refractivity contribution in [1.82, 2.24) is 10.2 Å². The molecule has 0 unspecified atom stereocenters. The molecule has 0 fully saturated rings. The molecule has 158 valence electrons. The van der Waals surface area contributed by atoms with Gasteiger partial charge in [0.05, 0.1) is 11.1 Å². The van der Waals surface area contributed by atoms with Gasteiger partial charge in [-0.2, -0.15) is 0 Å². The van der Waals surface area contributed by atoms with E-state index in [1.807, 2.05) is 6.92 Å². The number of carbonyl (C=O) groups excluding carboxylic acids is 4. The molecule has 0 aromatic heterocycles. The topological polar surface area (TPSA) is 92.8 Å². The fraction of sp³-hybridized carbons (Fsp3) is 0.545. The summed E-state index contributed by atoms with van der Waals surface area (Å²) in [6, 6.07) is 5.34. The zero-order chi connectivity index (χ0) is 21.7. The molecular weight excluding hydrogens is 372 g/mol. The number of nitrogens with one attached hydrogen (secondary N) is 1. The smallest absolute Gasteiger partial charge is 0.330 e. The molecule has 29 heavy (non-hydrogen) atoms. The van der Waals surface area contributed by atoms with Crippen molar-refractivity contribution in [2.45, 2.75) is 59.5 Å². The van der Waals surface area contributed by atoms with Crippen molar-refractivity contribution in [2.75, 3.05) is 6.61 Å². The molecule has 0 saturated carbocycles. The van der Waals surface area contributed by atoms with Gasteiger partial charge in [0.15, 0.2) is 6.61 Å². The SMILES string of the molecule is CC(C)CC[C@@H](C)NC(=O)COC(=O)[C@H](C(C)C)N1C(=O)c2ccccc2C1=O. The zero-order valence-corrected chi connectivity index (χ0v) is 17.7. The van der Waals surface area contributed by atoms with Crippen molar-refractivity contribution < 1.29 is 23.9 Å². The number of amides is 3. The van der Waals surface area contributed by atoms with Gasteiger partial charge in [-0.15, -0.1) is 0 Å². The molecule has 1 aliphatic heterocycles. The van der Waals surface area contributed by atoms with E-state index < -0.39 is 36.3 Å². The molecule has 2 atom stereocenters. The molecule has 0 saturated heterocycles. The number of esters is 1. The van der Waals surface area contributed by atoms with Crippen LogP contribution in [-0.4, -0.2) is 47.3 Å². The van der Waals surface area contributed by atoms with E-state index in [-0.39, 0.29) is 23.1 Å². The first-order valence-corrected chi connectivity index (χ1v) is 10.1. The number of fused-ring (bicyclic) bond motifs is 1. The van der Waals surface area contributed by atoms with E-state index in [9.17, 15) is 19.2 Å². The zero-order valence-electron chi connectivity index (χ0n) is 17.7. The molecule has 1 aromatic carbocycles. The minimum absolute atomic E-state index is 0.0271. The van der Waals surface area contributed by atoms with Gasteiger partial charge in [0.25, 0.3) is 17.7 Å². The molecule has 0 aliphatic carbocycles. The quantitative estimate of drug-likeness (QED) is 0.506. The van der Waals surface area contributed by atoms with E-state index in [4.69, 9.17) is 4.74 Å². The van der Waals surface area contributed by atoms with Crippen LogP contribution in [0.1, 0.15) is 68.2 Å². The van der Waals surface area contributed by atoms with Crippen LogP contribution in [0.5, 0.6) is 0 Å². The molecule has 1 aromatic rings. The van der Waals surface area contributed by atoms with Crippen molar-refractivity contribution in [1.29, 1.82) is 0 Å². The Labute approximate surface area is 171 Å². The van der Waals surface area contributed by atoms with E-state index >= 15 is 0 Å². The van der Waals surface area contributed by atoms with Crippen molar-refractivity contribution in [3.8, 4) is 0 Å². The van der Waals surface area contributed by atoms with Crippen molar-refractivity contribution >= 4 is 23.7 Å². The van der Waals surface area contributed by atoms with Gasteiger partial charge >= 0.3 is 5.97 Å². The van der Waals surface area contributed by atoms with Crippen molar-refractivity contribution in [3.63, 3.8) is 0 Å². The van der Waals surface area contributed by atoms with Crippen LogP contribution in [-0.2, 0) is 14.3 Å². The second kappa shape index (κ2) is 9.67. The number of nitrogens with zero attached hydrogens (tertiary/aromatic N) is 1. The Morgan fingerprint density at radius 2 is 1.52 bits per heavy atom. The van der Waals surface area contributed by atoms with Crippen LogP contribution in [0.25, 0.3) is 0 Å². The van der Waals surface area contributed by atoms with Crippen LogP contribution >= 0.6 is 0 Å². The van der Waals surface area contributed by atoms with E-state index in [1.165, 1.54) is 0 Å². The fourth-order valence-corrected chi connectivity index (χ4v) is 3.33. The largest absolute Gasteiger partial charge is 0.454 e. The Bertz CT molecular complexity index is 752. The van der Waals surface area contributed by atoms with Crippen LogP contribution in [0.4, 0.5) is 0 Å². The van der Waals surface area contributed by atoms with Gasteiger partial charge in [0, 0.05) is 6.04 Å². The van der Waals surface area contributed by atoms with E-state index in [2.05, 4.69) is 19.2 Å². The van der Waals surface area contributed by atoms with Gasteiger partial charge in [-0.3, -0.25) is 19.3 Å². The highest BCUT2D eigenvalue weighted by molar-refractivity contribution is 6.22. The Morgan fingerprint density at radius 3 is 2.00 bits per heavy atom. The molecule has 0 bridgehead atoms. The Hall–Kier alpha value is -2.70. The first kappa shape index (κ1) is 22.6.